The van der Waals surface area contributed by atoms with Crippen molar-refractivity contribution in [3.8, 4) is 23.0 Å². The summed E-state index contributed by atoms with van der Waals surface area (Å²) in [5.41, 5.74) is 7.96. The summed E-state index contributed by atoms with van der Waals surface area (Å²) < 4.78 is 0. The van der Waals surface area contributed by atoms with E-state index in [0.717, 1.165) is 75.6 Å². The molecule has 0 saturated carbocycles. The van der Waals surface area contributed by atoms with Crippen molar-refractivity contribution in [2.45, 2.75) is 33.1 Å². The third-order valence-corrected chi connectivity index (χ3v) is 6.29. The zero-order valence-electron chi connectivity index (χ0n) is 21.1. The predicted octanol–water partition coefficient (Wildman–Crippen LogP) is 6.62. The SMILES string of the molecule is C=Cc1nc(-c2cccc(CCCc3cccc(-c4nc(C)c5ccccc5n4)n3)n2)nc(C)c1C=C. The summed E-state index contributed by atoms with van der Waals surface area (Å²) in [6.45, 7) is 11.7. The van der Waals surface area contributed by atoms with E-state index in [-0.39, 0.29) is 0 Å². The van der Waals surface area contributed by atoms with E-state index in [1.54, 1.807) is 12.2 Å². The van der Waals surface area contributed by atoms with Crippen molar-refractivity contribution in [1.29, 1.82) is 0 Å². The van der Waals surface area contributed by atoms with Crippen molar-refractivity contribution in [3.05, 3.63) is 108 Å². The third kappa shape index (κ3) is 5.19. The number of fused-ring (bicyclic) bond motifs is 1. The van der Waals surface area contributed by atoms with Crippen LogP contribution in [0.3, 0.4) is 0 Å². The van der Waals surface area contributed by atoms with Crippen LogP contribution in [0, 0.1) is 13.8 Å². The molecule has 0 aliphatic heterocycles. The first-order valence-corrected chi connectivity index (χ1v) is 12.3. The molecule has 0 atom stereocenters. The Balaban J connectivity index is 1.30. The molecule has 182 valence electrons. The van der Waals surface area contributed by atoms with Gasteiger partial charge in [0, 0.05) is 33.7 Å². The second kappa shape index (κ2) is 10.6. The third-order valence-electron chi connectivity index (χ3n) is 6.29. The molecule has 0 fully saturated rings. The molecule has 0 amide bonds. The van der Waals surface area contributed by atoms with Crippen LogP contribution in [-0.4, -0.2) is 29.9 Å². The summed E-state index contributed by atoms with van der Waals surface area (Å²) >= 11 is 0. The first-order chi connectivity index (χ1) is 18.1. The van der Waals surface area contributed by atoms with Crippen LogP contribution in [0.25, 0.3) is 46.1 Å². The number of aromatic nitrogens is 6. The second-order valence-corrected chi connectivity index (χ2v) is 8.87. The average molecular weight is 485 g/mol. The molecule has 6 heteroatoms. The predicted molar refractivity (Wildman–Crippen MR) is 150 cm³/mol. The number of pyridine rings is 2. The molecule has 0 aliphatic carbocycles. The monoisotopic (exact) mass is 484 g/mol. The van der Waals surface area contributed by atoms with E-state index >= 15 is 0 Å². The van der Waals surface area contributed by atoms with Crippen molar-refractivity contribution in [2.24, 2.45) is 0 Å². The highest BCUT2D eigenvalue weighted by Gasteiger charge is 2.11. The van der Waals surface area contributed by atoms with E-state index in [1.165, 1.54) is 0 Å². The number of benzene rings is 1. The first kappa shape index (κ1) is 24.1. The molecule has 5 aromatic rings. The normalized spacial score (nSPS) is 11.0. The van der Waals surface area contributed by atoms with E-state index in [1.807, 2.05) is 68.4 Å². The summed E-state index contributed by atoms with van der Waals surface area (Å²) in [6.07, 6.45) is 6.05. The number of nitrogens with zero attached hydrogens (tertiary/aromatic N) is 6. The van der Waals surface area contributed by atoms with Crippen molar-refractivity contribution < 1.29 is 0 Å². The Morgan fingerprint density at radius 1 is 0.622 bits per heavy atom. The van der Waals surface area contributed by atoms with Crippen LogP contribution in [0.5, 0.6) is 0 Å². The number of hydrogen-bond acceptors (Lipinski definition) is 6. The Labute approximate surface area is 217 Å². The number of rotatable bonds is 8. The summed E-state index contributed by atoms with van der Waals surface area (Å²) in [4.78, 5) is 28.4. The fourth-order valence-corrected chi connectivity index (χ4v) is 4.41. The van der Waals surface area contributed by atoms with Crippen LogP contribution >= 0.6 is 0 Å². The molecule has 0 bridgehead atoms. The molecule has 0 N–H and O–H groups in total. The first-order valence-electron chi connectivity index (χ1n) is 12.3. The molecular weight excluding hydrogens is 456 g/mol. The largest absolute Gasteiger partial charge is 0.249 e. The Bertz CT molecular complexity index is 1620. The lowest BCUT2D eigenvalue weighted by molar-refractivity contribution is 0.781. The molecule has 0 radical (unpaired) electrons. The molecule has 4 aromatic heterocycles. The van der Waals surface area contributed by atoms with Gasteiger partial charge >= 0.3 is 0 Å². The van der Waals surface area contributed by atoms with Crippen LogP contribution in [-0.2, 0) is 12.8 Å². The van der Waals surface area contributed by atoms with Gasteiger partial charge in [-0.25, -0.2) is 29.9 Å². The van der Waals surface area contributed by atoms with Gasteiger partial charge in [0.2, 0.25) is 0 Å². The minimum atomic E-state index is 0.597. The van der Waals surface area contributed by atoms with Gasteiger partial charge in [0.15, 0.2) is 11.6 Å². The molecule has 0 aliphatic rings. The summed E-state index contributed by atoms with van der Waals surface area (Å²) in [6, 6.07) is 20.1. The van der Waals surface area contributed by atoms with E-state index in [0.29, 0.717) is 11.6 Å². The van der Waals surface area contributed by atoms with Gasteiger partial charge in [-0.05, 0) is 69.5 Å². The number of para-hydroxylation sites is 1. The van der Waals surface area contributed by atoms with Crippen molar-refractivity contribution in [2.75, 3.05) is 0 Å². The molecule has 1 aromatic carbocycles. The Hall–Kier alpha value is -4.58. The smallest absolute Gasteiger partial charge is 0.178 e. The topological polar surface area (TPSA) is 77.3 Å². The lowest BCUT2D eigenvalue weighted by Gasteiger charge is -2.09. The molecular formula is C31H28N6. The van der Waals surface area contributed by atoms with Crippen molar-refractivity contribution in [3.63, 3.8) is 0 Å². The molecule has 0 saturated heterocycles. The Morgan fingerprint density at radius 2 is 1.24 bits per heavy atom. The lowest BCUT2D eigenvalue weighted by Crippen LogP contribution is -2.02. The minimum absolute atomic E-state index is 0.597. The minimum Gasteiger partial charge on any atom is -0.249 e. The maximum atomic E-state index is 4.85. The summed E-state index contributed by atoms with van der Waals surface area (Å²) in [5, 5.41) is 1.06. The molecule has 4 heterocycles. The molecule has 37 heavy (non-hydrogen) atoms. The van der Waals surface area contributed by atoms with Gasteiger partial charge in [0.05, 0.1) is 11.2 Å². The van der Waals surface area contributed by atoms with E-state index in [4.69, 9.17) is 19.9 Å². The Morgan fingerprint density at radius 3 is 1.89 bits per heavy atom. The van der Waals surface area contributed by atoms with Gasteiger partial charge < -0.3 is 0 Å². The highest BCUT2D eigenvalue weighted by Crippen LogP contribution is 2.22. The fraction of sp³-hybridized carbons (Fsp3) is 0.161. The quantitative estimate of drug-likeness (QED) is 0.246. The lowest BCUT2D eigenvalue weighted by atomic mass is 10.1. The van der Waals surface area contributed by atoms with Gasteiger partial charge in [-0.15, -0.1) is 0 Å². The zero-order chi connectivity index (χ0) is 25.8. The van der Waals surface area contributed by atoms with Gasteiger partial charge in [-0.1, -0.05) is 49.6 Å². The van der Waals surface area contributed by atoms with Crippen LogP contribution in [0.15, 0.2) is 73.8 Å². The highest BCUT2D eigenvalue weighted by atomic mass is 14.9. The molecule has 6 nitrogen and oxygen atoms in total. The zero-order valence-corrected chi connectivity index (χ0v) is 21.1. The van der Waals surface area contributed by atoms with E-state index in [2.05, 4.69) is 29.2 Å². The standard InChI is InChI=1S/C31H28N6/c1-5-24-20(3)32-30(36-26(24)6-2)28-18-10-14-22(34-28)12-9-13-23-15-11-19-29(35-23)31-33-21(4)25-16-7-8-17-27(25)37-31/h5-8,10-11,14-19H,1-2,9,12-13H2,3-4H3. The number of aryl methyl sites for hydroxylation is 4. The van der Waals surface area contributed by atoms with Crippen molar-refractivity contribution >= 4 is 23.1 Å². The van der Waals surface area contributed by atoms with E-state index < -0.39 is 0 Å². The maximum Gasteiger partial charge on any atom is 0.178 e. The van der Waals surface area contributed by atoms with Gasteiger partial charge in [-0.2, -0.15) is 0 Å². The Kier molecular flexibility index (Phi) is 6.90. The van der Waals surface area contributed by atoms with Crippen LogP contribution in [0.4, 0.5) is 0 Å². The average Bonchev–Trinajstić information content (AvgIpc) is 2.93. The van der Waals surface area contributed by atoms with Gasteiger partial charge in [0.25, 0.3) is 0 Å². The summed E-state index contributed by atoms with van der Waals surface area (Å²) in [7, 11) is 0. The van der Waals surface area contributed by atoms with Crippen LogP contribution < -0.4 is 0 Å². The fourth-order valence-electron chi connectivity index (χ4n) is 4.41. The van der Waals surface area contributed by atoms with Crippen LogP contribution in [0.1, 0.15) is 40.5 Å². The van der Waals surface area contributed by atoms with Crippen LogP contribution in [0.2, 0.25) is 0 Å². The van der Waals surface area contributed by atoms with E-state index in [9.17, 15) is 0 Å². The number of hydrogen-bond donors (Lipinski definition) is 0. The molecule has 0 spiro atoms. The van der Waals surface area contributed by atoms with Gasteiger partial charge in [0.1, 0.15) is 11.4 Å². The highest BCUT2D eigenvalue weighted by molar-refractivity contribution is 5.82. The van der Waals surface area contributed by atoms with Gasteiger partial charge in [-0.3, -0.25) is 0 Å². The maximum absolute atomic E-state index is 4.85. The molecule has 5 rings (SSSR count). The van der Waals surface area contributed by atoms with Crippen molar-refractivity contribution in [1.82, 2.24) is 29.9 Å². The summed E-state index contributed by atoms with van der Waals surface area (Å²) in [5.74, 6) is 1.25. The molecule has 0 unspecified atom stereocenters. The second-order valence-electron chi connectivity index (χ2n) is 8.87.